The molecular formula is C32H35FN2O5. The number of aryl methyl sites for hydroxylation is 1. The lowest BCUT2D eigenvalue weighted by atomic mass is 9.90. The second-order valence-electron chi connectivity index (χ2n) is 10.3. The van der Waals surface area contributed by atoms with Crippen LogP contribution in [0.25, 0.3) is 0 Å². The van der Waals surface area contributed by atoms with E-state index in [2.05, 4.69) is 6.07 Å². The minimum atomic E-state index is -1.17. The van der Waals surface area contributed by atoms with Gasteiger partial charge in [0.25, 0.3) is 11.8 Å². The molecule has 3 aromatic rings. The first-order chi connectivity index (χ1) is 19.5. The van der Waals surface area contributed by atoms with Crippen molar-refractivity contribution in [3.8, 4) is 11.5 Å². The minimum absolute atomic E-state index is 0.139. The van der Waals surface area contributed by atoms with E-state index >= 15 is 0 Å². The highest BCUT2D eigenvalue weighted by Crippen LogP contribution is 2.30. The van der Waals surface area contributed by atoms with Crippen LogP contribution in [-0.4, -0.2) is 66.7 Å². The molecular weight excluding hydrogens is 511 g/mol. The van der Waals surface area contributed by atoms with Crippen molar-refractivity contribution in [2.24, 2.45) is 0 Å². The van der Waals surface area contributed by atoms with Crippen LogP contribution in [0.15, 0.2) is 78.9 Å². The number of rotatable bonds is 5. The van der Waals surface area contributed by atoms with E-state index in [1.807, 2.05) is 48.5 Å². The molecule has 1 saturated heterocycles. The van der Waals surface area contributed by atoms with Gasteiger partial charge < -0.3 is 24.0 Å². The van der Waals surface area contributed by atoms with Crippen LogP contribution in [0.1, 0.15) is 30.4 Å². The summed E-state index contributed by atoms with van der Waals surface area (Å²) in [5.41, 5.74) is 0.986. The fourth-order valence-corrected chi connectivity index (χ4v) is 5.37. The third kappa shape index (κ3) is 6.80. The maximum Gasteiger partial charge on any atom is 0.260 e. The number of morpholine rings is 1. The highest BCUT2D eigenvalue weighted by molar-refractivity contribution is 5.87. The van der Waals surface area contributed by atoms with Crippen LogP contribution in [-0.2, 0) is 27.3 Å². The van der Waals surface area contributed by atoms with Crippen molar-refractivity contribution in [2.45, 2.75) is 37.8 Å². The molecule has 2 aliphatic rings. The quantitative estimate of drug-likeness (QED) is 0.467. The van der Waals surface area contributed by atoms with Crippen molar-refractivity contribution in [3.05, 3.63) is 95.8 Å². The third-order valence-corrected chi connectivity index (χ3v) is 7.46. The Balaban J connectivity index is 1.36. The first kappa shape index (κ1) is 27.6. The molecule has 7 nitrogen and oxygen atoms in total. The maximum absolute atomic E-state index is 14.3. The Morgan fingerprint density at radius 3 is 2.62 bits per heavy atom. The second-order valence-corrected chi connectivity index (χ2v) is 10.3. The number of carbonyl (C=O) groups excluding carboxylic acids is 2. The van der Waals surface area contributed by atoms with Crippen molar-refractivity contribution in [1.29, 1.82) is 0 Å². The molecule has 210 valence electrons. The zero-order chi connectivity index (χ0) is 27.8. The van der Waals surface area contributed by atoms with E-state index in [9.17, 15) is 14.0 Å². The second kappa shape index (κ2) is 13.0. The molecule has 1 spiro atoms. The number of amides is 2. The Morgan fingerprint density at radius 2 is 1.77 bits per heavy atom. The summed E-state index contributed by atoms with van der Waals surface area (Å²) in [6.45, 7) is 1.63. The van der Waals surface area contributed by atoms with Crippen LogP contribution in [0.3, 0.4) is 0 Å². The van der Waals surface area contributed by atoms with E-state index < -0.39 is 11.4 Å². The standard InChI is InChI=1S/C32H35FN2O5/c33-27-13-8-14-28(21-27)39-23-30(36)35-18-20-40-32(24-35)16-7-6-12-26-11-4-5-15-29(26)38-19-17-34(31(32)37)22-25-9-2-1-3-10-25/h1-5,8-11,13-15,21H,6-7,12,16-20,22-24H2. The summed E-state index contributed by atoms with van der Waals surface area (Å²) in [5, 5.41) is 0. The Bertz CT molecular complexity index is 1300. The van der Waals surface area contributed by atoms with Gasteiger partial charge in [-0.05, 0) is 55.0 Å². The summed E-state index contributed by atoms with van der Waals surface area (Å²) < 4.78 is 31.6. The molecule has 1 atom stereocenters. The molecule has 1 fully saturated rings. The molecule has 40 heavy (non-hydrogen) atoms. The fourth-order valence-electron chi connectivity index (χ4n) is 5.37. The SMILES string of the molecule is O=C(COc1cccc(F)c1)N1CCOC2(CCCCc3ccccc3OCCN(Cc3ccccc3)C2=O)C1. The minimum Gasteiger partial charge on any atom is -0.491 e. The lowest BCUT2D eigenvalue weighted by Crippen LogP contribution is -2.62. The average molecular weight is 547 g/mol. The molecule has 0 bridgehead atoms. The van der Waals surface area contributed by atoms with Crippen LogP contribution in [0.5, 0.6) is 11.5 Å². The smallest absolute Gasteiger partial charge is 0.260 e. The van der Waals surface area contributed by atoms with Crippen molar-refractivity contribution < 1.29 is 28.2 Å². The predicted molar refractivity (Wildman–Crippen MR) is 149 cm³/mol. The van der Waals surface area contributed by atoms with E-state index in [1.54, 1.807) is 15.9 Å². The summed E-state index contributed by atoms with van der Waals surface area (Å²) >= 11 is 0. The van der Waals surface area contributed by atoms with Gasteiger partial charge in [0.2, 0.25) is 0 Å². The van der Waals surface area contributed by atoms with Crippen LogP contribution < -0.4 is 9.47 Å². The zero-order valence-corrected chi connectivity index (χ0v) is 22.6. The third-order valence-electron chi connectivity index (χ3n) is 7.46. The highest BCUT2D eigenvalue weighted by atomic mass is 19.1. The topological polar surface area (TPSA) is 68.3 Å². The lowest BCUT2D eigenvalue weighted by molar-refractivity contribution is -0.177. The van der Waals surface area contributed by atoms with Gasteiger partial charge in [-0.1, -0.05) is 54.6 Å². The van der Waals surface area contributed by atoms with Gasteiger partial charge in [0.15, 0.2) is 12.2 Å². The number of benzene rings is 3. The predicted octanol–water partition coefficient (Wildman–Crippen LogP) is 4.64. The van der Waals surface area contributed by atoms with E-state index in [0.717, 1.165) is 36.1 Å². The number of fused-ring (bicyclic) bond motifs is 1. The summed E-state index contributed by atoms with van der Waals surface area (Å²) in [6.07, 6.45) is 2.93. The van der Waals surface area contributed by atoms with Gasteiger partial charge >= 0.3 is 0 Å². The molecule has 0 saturated carbocycles. The first-order valence-corrected chi connectivity index (χ1v) is 13.9. The molecule has 5 rings (SSSR count). The number of carbonyl (C=O) groups is 2. The van der Waals surface area contributed by atoms with Crippen molar-refractivity contribution in [3.63, 3.8) is 0 Å². The number of ether oxygens (including phenoxy) is 3. The van der Waals surface area contributed by atoms with E-state index in [1.165, 1.54) is 18.2 Å². The Hall–Kier alpha value is -3.91. The molecule has 0 aromatic heterocycles. The van der Waals surface area contributed by atoms with E-state index in [0.29, 0.717) is 32.7 Å². The average Bonchev–Trinajstić information content (AvgIpc) is 2.98. The molecule has 0 aliphatic carbocycles. The Morgan fingerprint density at radius 1 is 0.950 bits per heavy atom. The monoisotopic (exact) mass is 546 g/mol. The molecule has 1 unspecified atom stereocenters. The van der Waals surface area contributed by atoms with Gasteiger partial charge in [0.05, 0.1) is 19.7 Å². The molecule has 0 radical (unpaired) electrons. The molecule has 8 heteroatoms. The number of hydrogen-bond donors (Lipinski definition) is 0. The molecule has 2 heterocycles. The maximum atomic E-state index is 14.3. The first-order valence-electron chi connectivity index (χ1n) is 13.9. The normalized spacial score (nSPS) is 20.2. The molecule has 2 amide bonds. The fraction of sp³-hybridized carbons (Fsp3) is 0.375. The van der Waals surface area contributed by atoms with Crippen molar-refractivity contribution in [2.75, 3.05) is 39.5 Å². The van der Waals surface area contributed by atoms with E-state index in [-0.39, 0.29) is 37.3 Å². The summed E-state index contributed by atoms with van der Waals surface area (Å²) in [7, 11) is 0. The largest absolute Gasteiger partial charge is 0.491 e. The van der Waals surface area contributed by atoms with Crippen LogP contribution >= 0.6 is 0 Å². The van der Waals surface area contributed by atoms with Gasteiger partial charge in [-0.25, -0.2) is 4.39 Å². The van der Waals surface area contributed by atoms with Gasteiger partial charge in [0.1, 0.15) is 23.9 Å². The number of nitrogens with zero attached hydrogens (tertiary/aromatic N) is 2. The Kier molecular flexibility index (Phi) is 8.96. The Labute approximate surface area is 234 Å². The zero-order valence-electron chi connectivity index (χ0n) is 22.6. The van der Waals surface area contributed by atoms with Crippen LogP contribution in [0.2, 0.25) is 0 Å². The lowest BCUT2D eigenvalue weighted by Gasteiger charge is -2.44. The molecule has 2 aliphatic heterocycles. The molecule has 3 aromatic carbocycles. The van der Waals surface area contributed by atoms with E-state index in [4.69, 9.17) is 14.2 Å². The summed E-state index contributed by atoms with van der Waals surface area (Å²) in [5.74, 6) is 0.302. The molecule has 0 N–H and O–H groups in total. The van der Waals surface area contributed by atoms with Gasteiger partial charge in [-0.15, -0.1) is 0 Å². The number of halogens is 1. The van der Waals surface area contributed by atoms with Gasteiger partial charge in [0, 0.05) is 19.2 Å². The number of para-hydroxylation sites is 1. The summed E-state index contributed by atoms with van der Waals surface area (Å²) in [6, 6.07) is 23.6. The van der Waals surface area contributed by atoms with Crippen molar-refractivity contribution >= 4 is 11.8 Å². The van der Waals surface area contributed by atoms with Crippen LogP contribution in [0, 0.1) is 5.82 Å². The van der Waals surface area contributed by atoms with Gasteiger partial charge in [-0.3, -0.25) is 9.59 Å². The highest BCUT2D eigenvalue weighted by Gasteiger charge is 2.46. The number of hydrogen-bond acceptors (Lipinski definition) is 5. The van der Waals surface area contributed by atoms with Crippen molar-refractivity contribution in [1.82, 2.24) is 9.80 Å². The van der Waals surface area contributed by atoms with Crippen LogP contribution in [0.4, 0.5) is 4.39 Å². The summed E-state index contributed by atoms with van der Waals surface area (Å²) in [4.78, 5) is 30.9. The van der Waals surface area contributed by atoms with Gasteiger partial charge in [-0.2, -0.15) is 0 Å².